The van der Waals surface area contributed by atoms with Gasteiger partial charge < -0.3 is 15.0 Å². The number of nitrogens with one attached hydrogen (secondary N) is 1. The van der Waals surface area contributed by atoms with Gasteiger partial charge in [0.05, 0.1) is 13.2 Å². The third-order valence-corrected chi connectivity index (χ3v) is 7.71. The quantitative estimate of drug-likeness (QED) is 0.673. The van der Waals surface area contributed by atoms with Crippen molar-refractivity contribution in [2.75, 3.05) is 39.8 Å². The van der Waals surface area contributed by atoms with E-state index < -0.39 is 0 Å². The lowest BCUT2D eigenvalue weighted by atomic mass is 9.94. The molecule has 0 bridgehead atoms. The summed E-state index contributed by atoms with van der Waals surface area (Å²) in [4.78, 5) is 30.5. The monoisotopic (exact) mass is 441 g/mol. The highest BCUT2D eigenvalue weighted by molar-refractivity contribution is 5.82. The molecule has 6 nitrogen and oxygen atoms in total. The molecule has 0 radical (unpaired) electrons. The third kappa shape index (κ3) is 5.64. The molecular weight excluding hydrogens is 402 g/mol. The van der Waals surface area contributed by atoms with E-state index in [1.54, 1.807) is 7.11 Å². The summed E-state index contributed by atoms with van der Waals surface area (Å²) in [6, 6.07) is 7.98. The predicted molar refractivity (Wildman–Crippen MR) is 126 cm³/mol. The number of carbonyl (C=O) groups excluding carboxylic acids is 2. The molecule has 176 valence electrons. The van der Waals surface area contributed by atoms with Crippen molar-refractivity contribution in [3.8, 4) is 5.75 Å². The molecule has 6 heteroatoms. The molecule has 1 saturated heterocycles. The SMILES string of the molecule is COc1ccc(CCNC(=O)C(C2CCCC2)N2CCN(C(=O)C3CCCC3)CC2)cc1. The molecule has 1 unspecified atom stereocenters. The zero-order valence-corrected chi connectivity index (χ0v) is 19.6. The number of ether oxygens (including phenoxy) is 1. The molecule has 4 rings (SSSR count). The van der Waals surface area contributed by atoms with Gasteiger partial charge in [-0.1, -0.05) is 37.8 Å². The van der Waals surface area contributed by atoms with Crippen LogP contribution in [-0.2, 0) is 16.0 Å². The Morgan fingerprint density at radius 3 is 2.22 bits per heavy atom. The molecule has 1 N–H and O–H groups in total. The number of hydrogen-bond donors (Lipinski definition) is 1. The second-order valence-electron chi connectivity index (χ2n) is 9.72. The molecule has 1 aromatic carbocycles. The van der Waals surface area contributed by atoms with Crippen molar-refractivity contribution in [1.82, 2.24) is 15.1 Å². The van der Waals surface area contributed by atoms with Crippen LogP contribution in [0.15, 0.2) is 24.3 Å². The van der Waals surface area contributed by atoms with Gasteiger partial charge in [-0.05, 0) is 55.7 Å². The first-order valence-corrected chi connectivity index (χ1v) is 12.6. The van der Waals surface area contributed by atoms with E-state index in [4.69, 9.17) is 4.74 Å². The van der Waals surface area contributed by atoms with Crippen LogP contribution in [0, 0.1) is 11.8 Å². The first-order valence-electron chi connectivity index (χ1n) is 12.6. The van der Waals surface area contributed by atoms with Crippen LogP contribution in [0.4, 0.5) is 0 Å². The van der Waals surface area contributed by atoms with E-state index in [1.807, 2.05) is 12.1 Å². The van der Waals surface area contributed by atoms with Crippen molar-refractivity contribution in [3.63, 3.8) is 0 Å². The maximum absolute atomic E-state index is 13.3. The first kappa shape index (κ1) is 23.1. The molecule has 0 spiro atoms. The van der Waals surface area contributed by atoms with Crippen LogP contribution in [-0.4, -0.2) is 67.5 Å². The van der Waals surface area contributed by atoms with Gasteiger partial charge in [-0.15, -0.1) is 0 Å². The highest BCUT2D eigenvalue weighted by Crippen LogP contribution is 2.32. The summed E-state index contributed by atoms with van der Waals surface area (Å²) in [5.74, 6) is 2.05. The molecule has 0 aromatic heterocycles. The van der Waals surface area contributed by atoms with Crippen LogP contribution < -0.4 is 10.1 Å². The maximum atomic E-state index is 13.3. The highest BCUT2D eigenvalue weighted by atomic mass is 16.5. The molecular formula is C26H39N3O3. The van der Waals surface area contributed by atoms with Crippen LogP contribution >= 0.6 is 0 Å². The Labute approximate surface area is 192 Å². The van der Waals surface area contributed by atoms with E-state index in [1.165, 1.54) is 31.2 Å². The minimum atomic E-state index is -0.0582. The van der Waals surface area contributed by atoms with Gasteiger partial charge in [0, 0.05) is 38.6 Å². The molecule has 1 aromatic rings. The fraction of sp³-hybridized carbons (Fsp3) is 0.692. The summed E-state index contributed by atoms with van der Waals surface area (Å²) < 4.78 is 5.22. The second-order valence-corrected chi connectivity index (χ2v) is 9.72. The van der Waals surface area contributed by atoms with E-state index >= 15 is 0 Å². The summed E-state index contributed by atoms with van der Waals surface area (Å²) >= 11 is 0. The van der Waals surface area contributed by atoms with Gasteiger partial charge in [-0.2, -0.15) is 0 Å². The minimum absolute atomic E-state index is 0.0582. The molecule has 2 saturated carbocycles. The second kappa shape index (κ2) is 11.2. The van der Waals surface area contributed by atoms with E-state index in [2.05, 4.69) is 27.2 Å². The van der Waals surface area contributed by atoms with Gasteiger partial charge in [-0.25, -0.2) is 0 Å². The summed E-state index contributed by atoms with van der Waals surface area (Å²) in [6.07, 6.45) is 10.0. The van der Waals surface area contributed by atoms with Gasteiger partial charge in [0.1, 0.15) is 5.75 Å². The third-order valence-electron chi connectivity index (χ3n) is 7.71. The van der Waals surface area contributed by atoms with E-state index in [-0.39, 0.29) is 17.9 Å². The highest BCUT2D eigenvalue weighted by Gasteiger charge is 2.38. The van der Waals surface area contributed by atoms with Crippen LogP contribution in [0.25, 0.3) is 0 Å². The minimum Gasteiger partial charge on any atom is -0.497 e. The zero-order valence-electron chi connectivity index (χ0n) is 19.6. The normalized spacial score (nSPS) is 21.6. The first-order chi connectivity index (χ1) is 15.7. The molecule has 3 aliphatic rings. The number of methoxy groups -OCH3 is 1. The Bertz CT molecular complexity index is 746. The number of rotatable bonds is 8. The summed E-state index contributed by atoms with van der Waals surface area (Å²) in [6.45, 7) is 3.79. The molecule has 1 atom stereocenters. The standard InChI is InChI=1S/C26H39N3O3/c1-32-23-12-10-20(11-13-23)14-15-27-25(30)24(21-6-2-3-7-21)28-16-18-29(19-17-28)26(31)22-8-4-5-9-22/h10-13,21-22,24H,2-9,14-19H2,1H3,(H,27,30). The van der Waals surface area contributed by atoms with E-state index in [0.717, 1.165) is 64.0 Å². The molecule has 1 heterocycles. The number of hydrogen-bond acceptors (Lipinski definition) is 4. The van der Waals surface area contributed by atoms with Crippen molar-refractivity contribution in [2.45, 2.75) is 63.8 Å². The number of amides is 2. The maximum Gasteiger partial charge on any atom is 0.237 e. The average Bonchev–Trinajstić information content (AvgIpc) is 3.55. The fourth-order valence-corrected chi connectivity index (χ4v) is 5.83. The van der Waals surface area contributed by atoms with Crippen molar-refractivity contribution < 1.29 is 14.3 Å². The average molecular weight is 442 g/mol. The van der Waals surface area contributed by atoms with Gasteiger partial charge in [0.25, 0.3) is 0 Å². The Hall–Kier alpha value is -2.08. The topological polar surface area (TPSA) is 61.9 Å². The van der Waals surface area contributed by atoms with E-state index in [9.17, 15) is 9.59 Å². The van der Waals surface area contributed by atoms with Crippen LogP contribution in [0.1, 0.15) is 56.9 Å². The zero-order chi connectivity index (χ0) is 22.3. The Morgan fingerprint density at radius 1 is 0.969 bits per heavy atom. The Kier molecular flexibility index (Phi) is 8.06. The molecule has 2 amide bonds. The summed E-state index contributed by atoms with van der Waals surface area (Å²) in [5.41, 5.74) is 1.20. The fourth-order valence-electron chi connectivity index (χ4n) is 5.83. The number of benzene rings is 1. The molecule has 1 aliphatic heterocycles. The number of carbonyl (C=O) groups is 2. The lowest BCUT2D eigenvalue weighted by molar-refractivity contribution is -0.138. The Morgan fingerprint density at radius 2 is 1.59 bits per heavy atom. The predicted octanol–water partition coefficient (Wildman–Crippen LogP) is 3.25. The number of piperazine rings is 1. The number of nitrogens with zero attached hydrogens (tertiary/aromatic N) is 2. The molecule has 2 aliphatic carbocycles. The molecule has 3 fully saturated rings. The smallest absolute Gasteiger partial charge is 0.237 e. The largest absolute Gasteiger partial charge is 0.497 e. The van der Waals surface area contributed by atoms with Crippen molar-refractivity contribution >= 4 is 11.8 Å². The van der Waals surface area contributed by atoms with Gasteiger partial charge in [0.15, 0.2) is 0 Å². The van der Waals surface area contributed by atoms with Crippen molar-refractivity contribution in [3.05, 3.63) is 29.8 Å². The van der Waals surface area contributed by atoms with Crippen LogP contribution in [0.5, 0.6) is 5.75 Å². The van der Waals surface area contributed by atoms with Crippen molar-refractivity contribution in [1.29, 1.82) is 0 Å². The Balaban J connectivity index is 1.30. The van der Waals surface area contributed by atoms with Gasteiger partial charge >= 0.3 is 0 Å². The summed E-state index contributed by atoms with van der Waals surface area (Å²) in [7, 11) is 1.67. The van der Waals surface area contributed by atoms with Crippen LogP contribution in [0.3, 0.4) is 0 Å². The van der Waals surface area contributed by atoms with E-state index in [0.29, 0.717) is 18.4 Å². The van der Waals surface area contributed by atoms with Gasteiger partial charge in [-0.3, -0.25) is 14.5 Å². The lowest BCUT2D eigenvalue weighted by Crippen LogP contribution is -2.58. The van der Waals surface area contributed by atoms with Gasteiger partial charge in [0.2, 0.25) is 11.8 Å². The van der Waals surface area contributed by atoms with Crippen molar-refractivity contribution in [2.24, 2.45) is 11.8 Å². The van der Waals surface area contributed by atoms with Crippen LogP contribution in [0.2, 0.25) is 0 Å². The summed E-state index contributed by atoms with van der Waals surface area (Å²) in [5, 5.41) is 3.22. The lowest BCUT2D eigenvalue weighted by Gasteiger charge is -2.41. The molecule has 32 heavy (non-hydrogen) atoms.